The predicted molar refractivity (Wildman–Crippen MR) is 100 cm³/mol. The molecule has 5 heteroatoms. The van der Waals surface area contributed by atoms with Crippen LogP contribution in [-0.2, 0) is 9.53 Å². The van der Waals surface area contributed by atoms with Gasteiger partial charge in [0.1, 0.15) is 5.75 Å². The van der Waals surface area contributed by atoms with E-state index in [-0.39, 0.29) is 24.9 Å². The number of hydrogen-bond donors (Lipinski definition) is 0. The number of ether oxygens (including phenoxy) is 2. The lowest BCUT2D eigenvalue weighted by Crippen LogP contribution is -2.20. The smallest absolute Gasteiger partial charge is 0.344 e. The number of carbonyl (C=O) groups excluding carboxylic acids is 2. The number of ketones is 1. The second-order valence-electron chi connectivity index (χ2n) is 6.08. The van der Waals surface area contributed by atoms with Gasteiger partial charge in [-0.15, -0.1) is 0 Å². The van der Waals surface area contributed by atoms with Crippen molar-refractivity contribution in [3.8, 4) is 5.75 Å². The average Bonchev–Trinajstić information content (AvgIpc) is 2.57. The first-order chi connectivity index (χ1) is 11.9. The van der Waals surface area contributed by atoms with Gasteiger partial charge in [0.15, 0.2) is 19.0 Å². The Labute approximate surface area is 156 Å². The van der Waals surface area contributed by atoms with Crippen molar-refractivity contribution in [1.29, 1.82) is 0 Å². The Bertz CT molecular complexity index is 768. The van der Waals surface area contributed by atoms with Crippen molar-refractivity contribution in [1.82, 2.24) is 0 Å². The summed E-state index contributed by atoms with van der Waals surface area (Å²) in [7, 11) is 0. The van der Waals surface area contributed by atoms with E-state index in [1.54, 1.807) is 18.2 Å². The molecule has 0 unspecified atom stereocenters. The van der Waals surface area contributed by atoms with Crippen molar-refractivity contribution in [3.05, 3.63) is 63.6 Å². The summed E-state index contributed by atoms with van der Waals surface area (Å²) in [5, 5.41) is 0. The van der Waals surface area contributed by atoms with Crippen LogP contribution in [0.2, 0.25) is 0 Å². The lowest BCUT2D eigenvalue weighted by atomic mass is 10.0. The first-order valence-electron chi connectivity index (χ1n) is 8.04. The van der Waals surface area contributed by atoms with Crippen LogP contribution in [0.5, 0.6) is 5.75 Å². The molecular formula is C20H21BrO4. The first-order valence-corrected chi connectivity index (χ1v) is 8.84. The van der Waals surface area contributed by atoms with Crippen molar-refractivity contribution >= 4 is 27.7 Å². The molecule has 0 bridgehead atoms. The quantitative estimate of drug-likeness (QED) is 0.496. The largest absolute Gasteiger partial charge is 0.482 e. The molecule has 0 radical (unpaired) electrons. The molecule has 0 saturated carbocycles. The fraction of sp³-hybridized carbons (Fsp3) is 0.300. The average molecular weight is 405 g/mol. The number of esters is 1. The van der Waals surface area contributed by atoms with Crippen LogP contribution in [0.1, 0.15) is 41.3 Å². The zero-order valence-electron chi connectivity index (χ0n) is 14.5. The number of halogens is 1. The summed E-state index contributed by atoms with van der Waals surface area (Å²) in [6.07, 6.45) is 0. The molecule has 0 N–H and O–H groups in total. The van der Waals surface area contributed by atoms with Gasteiger partial charge in [0, 0.05) is 10.0 Å². The molecule has 25 heavy (non-hydrogen) atoms. The van der Waals surface area contributed by atoms with Gasteiger partial charge in [-0.25, -0.2) is 4.79 Å². The molecule has 0 spiro atoms. The first kappa shape index (κ1) is 19.2. The van der Waals surface area contributed by atoms with Crippen LogP contribution in [0.3, 0.4) is 0 Å². The van der Waals surface area contributed by atoms with E-state index in [4.69, 9.17) is 9.47 Å². The molecule has 2 rings (SSSR count). The van der Waals surface area contributed by atoms with E-state index in [1.807, 2.05) is 31.2 Å². The molecular weight excluding hydrogens is 384 g/mol. The Morgan fingerprint density at radius 3 is 2.52 bits per heavy atom. The van der Waals surface area contributed by atoms with E-state index < -0.39 is 5.97 Å². The van der Waals surface area contributed by atoms with Crippen LogP contribution >= 0.6 is 15.9 Å². The second kappa shape index (κ2) is 8.81. The number of benzene rings is 2. The molecule has 2 aromatic carbocycles. The van der Waals surface area contributed by atoms with Gasteiger partial charge in [0.25, 0.3) is 0 Å². The molecule has 0 aromatic heterocycles. The van der Waals surface area contributed by atoms with Crippen molar-refractivity contribution < 1.29 is 19.1 Å². The maximum absolute atomic E-state index is 12.0. The zero-order chi connectivity index (χ0) is 18.4. The van der Waals surface area contributed by atoms with Crippen LogP contribution in [0, 0.1) is 6.92 Å². The summed E-state index contributed by atoms with van der Waals surface area (Å²) in [4.78, 5) is 23.9. The monoisotopic (exact) mass is 404 g/mol. The van der Waals surface area contributed by atoms with E-state index in [2.05, 4.69) is 29.8 Å². The molecule has 0 heterocycles. The van der Waals surface area contributed by atoms with Gasteiger partial charge in [-0.2, -0.15) is 0 Å². The predicted octanol–water partition coefficient (Wildman–Crippen LogP) is 4.69. The van der Waals surface area contributed by atoms with E-state index in [0.717, 1.165) is 15.6 Å². The molecule has 0 amide bonds. The summed E-state index contributed by atoms with van der Waals surface area (Å²) < 4.78 is 11.4. The van der Waals surface area contributed by atoms with E-state index in [9.17, 15) is 9.59 Å². The minimum Gasteiger partial charge on any atom is -0.482 e. The lowest BCUT2D eigenvalue weighted by molar-refractivity contribution is -0.144. The molecule has 2 aromatic rings. The van der Waals surface area contributed by atoms with Gasteiger partial charge in [-0.3, -0.25) is 4.79 Å². The van der Waals surface area contributed by atoms with Gasteiger partial charge in [-0.05, 0) is 42.2 Å². The highest BCUT2D eigenvalue weighted by molar-refractivity contribution is 9.10. The number of hydrogen-bond acceptors (Lipinski definition) is 4. The number of Topliss-reactive ketones (excluding diaryl/α,β-unsaturated/α-hetero) is 1. The molecule has 0 aliphatic carbocycles. The normalized spacial score (nSPS) is 10.6. The fourth-order valence-corrected chi connectivity index (χ4v) is 2.71. The Morgan fingerprint density at radius 1 is 1.08 bits per heavy atom. The third kappa shape index (κ3) is 5.71. The maximum Gasteiger partial charge on any atom is 0.344 e. The summed E-state index contributed by atoms with van der Waals surface area (Å²) in [5.74, 6) is 0.127. The van der Waals surface area contributed by atoms with Gasteiger partial charge in [-0.1, -0.05) is 54.0 Å². The van der Waals surface area contributed by atoms with E-state index in [1.165, 1.54) is 0 Å². The van der Waals surface area contributed by atoms with Gasteiger partial charge in [0.05, 0.1) is 0 Å². The number of rotatable bonds is 7. The maximum atomic E-state index is 12.0. The molecule has 0 saturated heterocycles. The highest BCUT2D eigenvalue weighted by Gasteiger charge is 2.13. The summed E-state index contributed by atoms with van der Waals surface area (Å²) >= 11 is 3.31. The molecule has 4 nitrogen and oxygen atoms in total. The Hall–Kier alpha value is -2.14. The van der Waals surface area contributed by atoms with Crippen molar-refractivity contribution in [2.75, 3.05) is 13.2 Å². The van der Waals surface area contributed by atoms with Crippen molar-refractivity contribution in [2.24, 2.45) is 0 Å². The van der Waals surface area contributed by atoms with Gasteiger partial charge >= 0.3 is 5.97 Å². The van der Waals surface area contributed by atoms with Crippen molar-refractivity contribution in [3.63, 3.8) is 0 Å². The molecule has 0 atom stereocenters. The van der Waals surface area contributed by atoms with E-state index in [0.29, 0.717) is 11.3 Å². The second-order valence-corrected chi connectivity index (χ2v) is 6.99. The third-order valence-electron chi connectivity index (χ3n) is 3.65. The highest BCUT2D eigenvalue weighted by Crippen LogP contribution is 2.27. The van der Waals surface area contributed by atoms with Crippen molar-refractivity contribution in [2.45, 2.75) is 26.7 Å². The van der Waals surface area contributed by atoms with Gasteiger partial charge < -0.3 is 9.47 Å². The lowest BCUT2D eigenvalue weighted by Gasteiger charge is -2.14. The topological polar surface area (TPSA) is 52.6 Å². The molecule has 0 fully saturated rings. The van der Waals surface area contributed by atoms with Crippen LogP contribution in [0.4, 0.5) is 0 Å². The standard InChI is InChI=1S/C20H21BrO4/c1-13(2)17-8-7-14(3)9-19(17)24-12-20(23)25-11-18(22)15-5-4-6-16(21)10-15/h4-10,13H,11-12H2,1-3H3. The molecule has 0 aliphatic rings. The Kier molecular flexibility index (Phi) is 6.76. The fourth-order valence-electron chi connectivity index (χ4n) is 2.31. The molecule has 132 valence electrons. The summed E-state index contributed by atoms with van der Waals surface area (Å²) in [6, 6.07) is 12.9. The third-order valence-corrected chi connectivity index (χ3v) is 4.14. The SMILES string of the molecule is Cc1ccc(C(C)C)c(OCC(=O)OCC(=O)c2cccc(Br)c2)c1. The number of aryl methyl sites for hydroxylation is 1. The summed E-state index contributed by atoms with van der Waals surface area (Å²) in [5.41, 5.74) is 2.57. The molecule has 0 aliphatic heterocycles. The minimum absolute atomic E-state index is 0.227. The van der Waals surface area contributed by atoms with E-state index >= 15 is 0 Å². The Balaban J connectivity index is 1.89. The number of carbonyl (C=O) groups is 2. The highest BCUT2D eigenvalue weighted by atomic mass is 79.9. The van der Waals surface area contributed by atoms with Gasteiger partial charge in [0.2, 0.25) is 0 Å². The van der Waals surface area contributed by atoms with Crippen LogP contribution in [0.25, 0.3) is 0 Å². The zero-order valence-corrected chi connectivity index (χ0v) is 16.1. The van der Waals surface area contributed by atoms with Crippen LogP contribution in [-0.4, -0.2) is 25.0 Å². The van der Waals surface area contributed by atoms with Crippen LogP contribution in [0.15, 0.2) is 46.9 Å². The minimum atomic E-state index is -0.570. The summed E-state index contributed by atoms with van der Waals surface area (Å²) in [6.45, 7) is 5.56. The Morgan fingerprint density at radius 2 is 1.84 bits per heavy atom. The van der Waals surface area contributed by atoms with Crippen LogP contribution < -0.4 is 4.74 Å².